The standard InChI is InChI=1S/C14H11NO6/c1-18-13(16)8-5-15-9-4-11-10(20-6-21-11)3-7(9)12(8)14(17)19-2/h3-5H,6H2,1-2H3. The van der Waals surface area contributed by atoms with Gasteiger partial charge in [0.05, 0.1) is 30.9 Å². The number of ether oxygens (including phenoxy) is 4. The molecule has 3 rings (SSSR count). The summed E-state index contributed by atoms with van der Waals surface area (Å²) in [7, 11) is 2.47. The van der Waals surface area contributed by atoms with Crippen molar-refractivity contribution in [2.24, 2.45) is 0 Å². The second kappa shape index (κ2) is 4.93. The zero-order chi connectivity index (χ0) is 15.0. The van der Waals surface area contributed by atoms with Crippen LogP contribution in [-0.4, -0.2) is 37.9 Å². The Morgan fingerprint density at radius 2 is 1.76 bits per heavy atom. The molecule has 0 fully saturated rings. The maximum atomic E-state index is 12.0. The summed E-state index contributed by atoms with van der Waals surface area (Å²) in [6, 6.07) is 3.24. The first-order chi connectivity index (χ1) is 10.2. The number of rotatable bonds is 2. The SMILES string of the molecule is COC(=O)c1cnc2cc3c(cc2c1C(=O)OC)OCO3. The molecule has 1 aromatic carbocycles. The number of pyridine rings is 1. The van der Waals surface area contributed by atoms with E-state index in [1.165, 1.54) is 20.4 Å². The summed E-state index contributed by atoms with van der Waals surface area (Å²) in [5, 5.41) is 0.439. The van der Waals surface area contributed by atoms with Crippen LogP contribution in [0.15, 0.2) is 18.3 Å². The highest BCUT2D eigenvalue weighted by molar-refractivity contribution is 6.12. The first-order valence-electron chi connectivity index (χ1n) is 6.04. The Morgan fingerprint density at radius 3 is 2.43 bits per heavy atom. The summed E-state index contributed by atoms with van der Waals surface area (Å²) >= 11 is 0. The van der Waals surface area contributed by atoms with E-state index in [1.807, 2.05) is 0 Å². The van der Waals surface area contributed by atoms with E-state index in [-0.39, 0.29) is 17.9 Å². The number of carbonyl (C=O) groups excluding carboxylic acids is 2. The summed E-state index contributed by atoms with van der Waals surface area (Å²) in [4.78, 5) is 28.0. The Morgan fingerprint density at radius 1 is 1.10 bits per heavy atom. The average molecular weight is 289 g/mol. The average Bonchev–Trinajstić information content (AvgIpc) is 2.97. The van der Waals surface area contributed by atoms with E-state index < -0.39 is 11.9 Å². The number of fused-ring (bicyclic) bond motifs is 2. The Hall–Kier alpha value is -2.83. The van der Waals surface area contributed by atoms with Crippen molar-refractivity contribution >= 4 is 22.8 Å². The van der Waals surface area contributed by atoms with Gasteiger partial charge in [-0.25, -0.2) is 9.59 Å². The number of esters is 2. The number of benzene rings is 1. The lowest BCUT2D eigenvalue weighted by Gasteiger charge is -2.10. The fourth-order valence-corrected chi connectivity index (χ4v) is 2.17. The first-order valence-corrected chi connectivity index (χ1v) is 6.04. The van der Waals surface area contributed by atoms with Crippen molar-refractivity contribution in [3.63, 3.8) is 0 Å². The van der Waals surface area contributed by atoms with Crippen LogP contribution in [0.3, 0.4) is 0 Å². The number of methoxy groups -OCH3 is 2. The highest BCUT2D eigenvalue weighted by Gasteiger charge is 2.25. The molecule has 2 aromatic rings. The minimum Gasteiger partial charge on any atom is -0.465 e. The van der Waals surface area contributed by atoms with Gasteiger partial charge in [-0.05, 0) is 6.07 Å². The highest BCUT2D eigenvalue weighted by Crippen LogP contribution is 2.37. The maximum Gasteiger partial charge on any atom is 0.340 e. The molecule has 0 atom stereocenters. The minimum absolute atomic E-state index is 0.0377. The topological polar surface area (TPSA) is 84.0 Å². The summed E-state index contributed by atoms with van der Waals surface area (Å²) in [5.41, 5.74) is 0.621. The molecule has 0 spiro atoms. The molecular weight excluding hydrogens is 278 g/mol. The predicted molar refractivity (Wildman–Crippen MR) is 70.5 cm³/mol. The second-order valence-electron chi connectivity index (χ2n) is 4.25. The minimum atomic E-state index is -0.664. The summed E-state index contributed by atoms with van der Waals surface area (Å²) in [6.07, 6.45) is 1.28. The molecule has 7 nitrogen and oxygen atoms in total. The maximum absolute atomic E-state index is 12.0. The van der Waals surface area contributed by atoms with E-state index >= 15 is 0 Å². The van der Waals surface area contributed by atoms with Gasteiger partial charge in [-0.15, -0.1) is 0 Å². The fraction of sp³-hybridized carbons (Fsp3) is 0.214. The van der Waals surface area contributed by atoms with E-state index in [4.69, 9.17) is 14.2 Å². The van der Waals surface area contributed by atoms with Gasteiger partial charge < -0.3 is 18.9 Å². The van der Waals surface area contributed by atoms with Crippen molar-refractivity contribution in [1.82, 2.24) is 4.98 Å². The molecule has 0 N–H and O–H groups in total. The largest absolute Gasteiger partial charge is 0.465 e. The van der Waals surface area contributed by atoms with Crippen molar-refractivity contribution < 1.29 is 28.5 Å². The fourth-order valence-electron chi connectivity index (χ4n) is 2.17. The van der Waals surface area contributed by atoms with E-state index in [9.17, 15) is 9.59 Å². The number of nitrogens with zero attached hydrogens (tertiary/aromatic N) is 1. The lowest BCUT2D eigenvalue weighted by molar-refractivity contribution is 0.0556. The van der Waals surface area contributed by atoms with Crippen molar-refractivity contribution in [1.29, 1.82) is 0 Å². The number of hydrogen-bond donors (Lipinski definition) is 0. The molecule has 0 unspecified atom stereocenters. The quantitative estimate of drug-likeness (QED) is 0.775. The number of hydrogen-bond acceptors (Lipinski definition) is 7. The Kier molecular flexibility index (Phi) is 3.09. The molecule has 2 heterocycles. The van der Waals surface area contributed by atoms with Gasteiger partial charge in [-0.3, -0.25) is 4.98 Å². The normalized spacial score (nSPS) is 12.3. The highest BCUT2D eigenvalue weighted by atomic mass is 16.7. The molecule has 1 aromatic heterocycles. The van der Waals surface area contributed by atoms with Gasteiger partial charge in [0.25, 0.3) is 0 Å². The number of aromatic nitrogens is 1. The molecule has 0 bridgehead atoms. The van der Waals surface area contributed by atoms with Gasteiger partial charge in [-0.1, -0.05) is 0 Å². The van der Waals surface area contributed by atoms with Gasteiger partial charge in [-0.2, -0.15) is 0 Å². The molecule has 1 aliphatic heterocycles. The molecule has 0 aliphatic carbocycles. The lowest BCUT2D eigenvalue weighted by atomic mass is 10.0. The van der Waals surface area contributed by atoms with Crippen LogP contribution in [0.25, 0.3) is 10.9 Å². The third kappa shape index (κ3) is 2.03. The van der Waals surface area contributed by atoms with Crippen LogP contribution in [0, 0.1) is 0 Å². The number of carbonyl (C=O) groups is 2. The van der Waals surface area contributed by atoms with Crippen LogP contribution >= 0.6 is 0 Å². The Bertz CT molecular complexity index is 755. The van der Waals surface area contributed by atoms with Crippen LogP contribution in [0.4, 0.5) is 0 Å². The zero-order valence-electron chi connectivity index (χ0n) is 11.3. The molecule has 7 heteroatoms. The summed E-state index contributed by atoms with van der Waals surface area (Å²) in [6.45, 7) is 0.100. The second-order valence-corrected chi connectivity index (χ2v) is 4.25. The van der Waals surface area contributed by atoms with Gasteiger partial charge in [0.15, 0.2) is 11.5 Å². The Labute approximate surface area is 119 Å². The van der Waals surface area contributed by atoms with Gasteiger partial charge in [0.2, 0.25) is 6.79 Å². The van der Waals surface area contributed by atoms with E-state index in [0.29, 0.717) is 22.4 Å². The Balaban J connectivity index is 2.32. The van der Waals surface area contributed by atoms with Crippen molar-refractivity contribution in [2.75, 3.05) is 21.0 Å². The molecule has 0 amide bonds. The van der Waals surface area contributed by atoms with E-state index in [1.54, 1.807) is 12.1 Å². The third-order valence-corrected chi connectivity index (χ3v) is 3.16. The monoisotopic (exact) mass is 289 g/mol. The smallest absolute Gasteiger partial charge is 0.340 e. The van der Waals surface area contributed by atoms with Crippen LogP contribution in [0.2, 0.25) is 0 Å². The molecule has 108 valence electrons. The molecule has 1 aliphatic rings. The van der Waals surface area contributed by atoms with Crippen LogP contribution in [0.5, 0.6) is 11.5 Å². The summed E-state index contributed by atoms with van der Waals surface area (Å²) < 4.78 is 20.0. The van der Waals surface area contributed by atoms with Crippen molar-refractivity contribution in [2.45, 2.75) is 0 Å². The molecular formula is C14H11NO6. The van der Waals surface area contributed by atoms with Gasteiger partial charge >= 0.3 is 11.9 Å². The van der Waals surface area contributed by atoms with Gasteiger partial charge in [0.1, 0.15) is 0 Å². The zero-order valence-corrected chi connectivity index (χ0v) is 11.3. The van der Waals surface area contributed by atoms with Crippen molar-refractivity contribution in [3.05, 3.63) is 29.5 Å². The van der Waals surface area contributed by atoms with Crippen molar-refractivity contribution in [3.8, 4) is 11.5 Å². The molecule has 0 saturated heterocycles. The predicted octanol–water partition coefficient (Wildman–Crippen LogP) is 1.54. The third-order valence-electron chi connectivity index (χ3n) is 3.16. The van der Waals surface area contributed by atoms with Gasteiger partial charge in [0, 0.05) is 17.6 Å². The van der Waals surface area contributed by atoms with Crippen LogP contribution in [-0.2, 0) is 9.47 Å². The molecule has 0 saturated carbocycles. The van der Waals surface area contributed by atoms with E-state index in [0.717, 1.165) is 0 Å². The lowest BCUT2D eigenvalue weighted by Crippen LogP contribution is -2.13. The first kappa shape index (κ1) is 13.2. The van der Waals surface area contributed by atoms with Crippen LogP contribution < -0.4 is 9.47 Å². The molecule has 0 radical (unpaired) electrons. The molecule has 21 heavy (non-hydrogen) atoms. The van der Waals surface area contributed by atoms with E-state index in [2.05, 4.69) is 9.72 Å². The summed E-state index contributed by atoms with van der Waals surface area (Å²) in [5.74, 6) is -0.294. The van der Waals surface area contributed by atoms with Crippen LogP contribution in [0.1, 0.15) is 20.7 Å².